The van der Waals surface area contributed by atoms with Gasteiger partial charge >= 0.3 is 0 Å². The lowest BCUT2D eigenvalue weighted by Gasteiger charge is -2.26. The third-order valence-corrected chi connectivity index (χ3v) is 4.14. The van der Waals surface area contributed by atoms with Gasteiger partial charge in [0.25, 0.3) is 0 Å². The van der Waals surface area contributed by atoms with E-state index >= 15 is 0 Å². The third-order valence-electron chi connectivity index (χ3n) is 3.51. The van der Waals surface area contributed by atoms with Crippen LogP contribution in [0.5, 0.6) is 5.75 Å². The summed E-state index contributed by atoms with van der Waals surface area (Å²) in [4.78, 5) is 6.69. The molecular weight excluding hydrogens is 475 g/mol. The standard InChI is InChI=1S/C15H23BrN4O2.HI/c16-13-10-12(2-3-14(13)21)11-19-15(17)18-4-1-5-20-6-8-22-9-7-20;/h2-3,10,21H,1,4-9,11H2,(H3,17,18,19);1H. The number of guanidine groups is 1. The minimum atomic E-state index is 0. The summed E-state index contributed by atoms with van der Waals surface area (Å²) in [5, 5.41) is 12.6. The van der Waals surface area contributed by atoms with Crippen LogP contribution in [0.1, 0.15) is 12.0 Å². The highest BCUT2D eigenvalue weighted by atomic mass is 127. The van der Waals surface area contributed by atoms with Crippen molar-refractivity contribution in [3.8, 4) is 5.75 Å². The highest BCUT2D eigenvalue weighted by molar-refractivity contribution is 14.0. The first-order chi connectivity index (χ1) is 10.6. The zero-order valence-electron chi connectivity index (χ0n) is 13.0. The number of phenolic OH excluding ortho intramolecular Hbond substituents is 1. The molecule has 0 aromatic heterocycles. The first-order valence-electron chi connectivity index (χ1n) is 7.46. The Morgan fingerprint density at radius 3 is 2.83 bits per heavy atom. The van der Waals surface area contributed by atoms with Crippen LogP contribution in [0.15, 0.2) is 27.7 Å². The lowest BCUT2D eigenvalue weighted by molar-refractivity contribution is 0.0376. The third kappa shape index (κ3) is 7.69. The molecule has 4 N–H and O–H groups in total. The highest BCUT2D eigenvalue weighted by Gasteiger charge is 2.08. The number of hydrogen-bond acceptors (Lipinski definition) is 4. The molecule has 0 amide bonds. The molecule has 1 aliphatic heterocycles. The van der Waals surface area contributed by atoms with Crippen LogP contribution in [0.25, 0.3) is 0 Å². The molecule has 0 unspecified atom stereocenters. The van der Waals surface area contributed by atoms with Crippen molar-refractivity contribution in [3.63, 3.8) is 0 Å². The van der Waals surface area contributed by atoms with Crippen LogP contribution in [-0.4, -0.2) is 55.4 Å². The average molecular weight is 499 g/mol. The molecule has 6 nitrogen and oxygen atoms in total. The maximum Gasteiger partial charge on any atom is 0.188 e. The van der Waals surface area contributed by atoms with Crippen molar-refractivity contribution in [2.75, 3.05) is 39.4 Å². The Morgan fingerprint density at radius 2 is 2.13 bits per heavy atom. The summed E-state index contributed by atoms with van der Waals surface area (Å²) in [6.07, 6.45) is 1.03. The molecule has 1 heterocycles. The molecule has 0 spiro atoms. The van der Waals surface area contributed by atoms with E-state index in [2.05, 4.69) is 31.1 Å². The molecule has 0 atom stereocenters. The van der Waals surface area contributed by atoms with Gasteiger partial charge in [0, 0.05) is 19.6 Å². The fourth-order valence-corrected chi connectivity index (χ4v) is 2.65. The summed E-state index contributed by atoms with van der Waals surface area (Å²) in [5.41, 5.74) is 6.84. The van der Waals surface area contributed by atoms with Crippen molar-refractivity contribution in [2.45, 2.75) is 13.0 Å². The largest absolute Gasteiger partial charge is 0.507 e. The molecule has 0 radical (unpaired) electrons. The minimum absolute atomic E-state index is 0. The molecule has 1 fully saturated rings. The Hall–Kier alpha value is -0.580. The van der Waals surface area contributed by atoms with Crippen LogP contribution in [0.3, 0.4) is 0 Å². The fourth-order valence-electron chi connectivity index (χ4n) is 2.23. The average Bonchev–Trinajstić information content (AvgIpc) is 2.54. The van der Waals surface area contributed by atoms with Crippen molar-refractivity contribution in [2.24, 2.45) is 10.7 Å². The van der Waals surface area contributed by atoms with Gasteiger partial charge in [-0.15, -0.1) is 24.0 Å². The zero-order valence-corrected chi connectivity index (χ0v) is 16.9. The molecule has 1 aliphatic rings. The number of phenols is 1. The Labute approximate surface area is 162 Å². The molecule has 23 heavy (non-hydrogen) atoms. The summed E-state index contributed by atoms with van der Waals surface area (Å²) in [5.74, 6) is 0.674. The summed E-state index contributed by atoms with van der Waals surface area (Å²) in [6, 6.07) is 5.31. The van der Waals surface area contributed by atoms with E-state index in [1.54, 1.807) is 6.07 Å². The number of rotatable bonds is 6. The molecule has 1 aromatic rings. The normalized spacial score (nSPS) is 16.0. The topological polar surface area (TPSA) is 83.1 Å². The Morgan fingerprint density at radius 1 is 1.39 bits per heavy atom. The van der Waals surface area contributed by atoms with Crippen LogP contribution in [-0.2, 0) is 11.3 Å². The smallest absolute Gasteiger partial charge is 0.188 e. The van der Waals surface area contributed by atoms with Crippen LogP contribution in [0.2, 0.25) is 0 Å². The first-order valence-corrected chi connectivity index (χ1v) is 8.26. The van der Waals surface area contributed by atoms with Gasteiger partial charge in [-0.05, 0) is 46.6 Å². The predicted octanol–water partition coefficient (Wildman–Crippen LogP) is 1.90. The highest BCUT2D eigenvalue weighted by Crippen LogP contribution is 2.24. The van der Waals surface area contributed by atoms with E-state index < -0.39 is 0 Å². The van der Waals surface area contributed by atoms with Crippen LogP contribution >= 0.6 is 39.9 Å². The number of aromatic hydroxyl groups is 1. The van der Waals surface area contributed by atoms with Crippen molar-refractivity contribution in [1.29, 1.82) is 0 Å². The van der Waals surface area contributed by atoms with Gasteiger partial charge in [-0.25, -0.2) is 4.99 Å². The summed E-state index contributed by atoms with van der Waals surface area (Å²) in [7, 11) is 0. The van der Waals surface area contributed by atoms with Crippen LogP contribution in [0.4, 0.5) is 0 Å². The van der Waals surface area contributed by atoms with Gasteiger partial charge in [0.1, 0.15) is 5.75 Å². The summed E-state index contributed by atoms with van der Waals surface area (Å²) < 4.78 is 5.98. The van der Waals surface area contributed by atoms with E-state index in [-0.39, 0.29) is 29.7 Å². The van der Waals surface area contributed by atoms with Crippen molar-refractivity contribution in [3.05, 3.63) is 28.2 Å². The molecule has 130 valence electrons. The quantitative estimate of drug-likeness (QED) is 0.241. The second-order valence-electron chi connectivity index (χ2n) is 5.22. The number of nitrogens with zero attached hydrogens (tertiary/aromatic N) is 2. The fraction of sp³-hybridized carbons (Fsp3) is 0.533. The summed E-state index contributed by atoms with van der Waals surface area (Å²) in [6.45, 7) is 6.04. The minimum Gasteiger partial charge on any atom is -0.507 e. The Bertz CT molecular complexity index is 510. The number of morpholine rings is 1. The number of nitrogens with two attached hydrogens (primary N) is 1. The monoisotopic (exact) mass is 498 g/mol. The van der Waals surface area contributed by atoms with Gasteiger partial charge in [0.05, 0.1) is 24.2 Å². The van der Waals surface area contributed by atoms with Crippen molar-refractivity contribution in [1.82, 2.24) is 10.2 Å². The molecule has 0 aliphatic carbocycles. The van der Waals surface area contributed by atoms with Crippen LogP contribution < -0.4 is 11.1 Å². The molecule has 0 saturated carbocycles. The number of aliphatic imine (C=N–C) groups is 1. The SMILES string of the molecule is I.NC(=NCc1ccc(O)c(Br)c1)NCCCN1CCOCC1. The maximum absolute atomic E-state index is 9.44. The number of benzene rings is 1. The van der Waals surface area contributed by atoms with Crippen molar-refractivity contribution >= 4 is 45.9 Å². The van der Waals surface area contributed by atoms with E-state index in [1.165, 1.54) is 0 Å². The van der Waals surface area contributed by atoms with E-state index in [0.717, 1.165) is 51.4 Å². The first kappa shape index (κ1) is 20.5. The molecular formula is C15H24BrIN4O2. The van der Waals surface area contributed by atoms with Crippen molar-refractivity contribution < 1.29 is 9.84 Å². The van der Waals surface area contributed by atoms with E-state index in [9.17, 15) is 5.11 Å². The van der Waals surface area contributed by atoms with Gasteiger partial charge < -0.3 is 20.9 Å². The van der Waals surface area contributed by atoms with Gasteiger partial charge in [0.15, 0.2) is 5.96 Å². The second kappa shape index (κ2) is 11.1. The van der Waals surface area contributed by atoms with Gasteiger partial charge in [-0.2, -0.15) is 0 Å². The lowest BCUT2D eigenvalue weighted by Crippen LogP contribution is -2.39. The number of hydrogen-bond donors (Lipinski definition) is 3. The zero-order chi connectivity index (χ0) is 15.8. The molecule has 2 rings (SSSR count). The van der Waals surface area contributed by atoms with Gasteiger partial charge in [0.2, 0.25) is 0 Å². The molecule has 8 heteroatoms. The predicted molar refractivity (Wildman–Crippen MR) is 106 cm³/mol. The number of nitrogens with one attached hydrogen (secondary N) is 1. The van der Waals surface area contributed by atoms with Gasteiger partial charge in [-0.1, -0.05) is 6.07 Å². The number of ether oxygens (including phenoxy) is 1. The molecule has 1 aromatic carbocycles. The Kier molecular flexibility index (Phi) is 9.84. The molecule has 1 saturated heterocycles. The van der Waals surface area contributed by atoms with Crippen LogP contribution in [0, 0.1) is 0 Å². The Balaban J connectivity index is 0.00000264. The lowest BCUT2D eigenvalue weighted by atomic mass is 10.2. The van der Waals surface area contributed by atoms with E-state index in [1.807, 2.05) is 12.1 Å². The molecule has 0 bridgehead atoms. The van der Waals surface area contributed by atoms with E-state index in [0.29, 0.717) is 17.0 Å². The second-order valence-corrected chi connectivity index (χ2v) is 6.08. The summed E-state index contributed by atoms with van der Waals surface area (Å²) >= 11 is 3.28. The maximum atomic E-state index is 9.44. The van der Waals surface area contributed by atoms with E-state index in [4.69, 9.17) is 10.5 Å². The number of halogens is 2. The van der Waals surface area contributed by atoms with Gasteiger partial charge in [-0.3, -0.25) is 4.90 Å².